The number of amides is 4. The topological polar surface area (TPSA) is 64.2 Å². The molecule has 1 aromatic carbocycles. The monoisotopic (exact) mass is 392 g/mol. The van der Waals surface area contributed by atoms with E-state index in [1.807, 2.05) is 0 Å². The van der Waals surface area contributed by atoms with Crippen LogP contribution in [0.5, 0.6) is 0 Å². The molecular formula is C19H25ClN4O3. The molecule has 0 aromatic heterocycles. The third-order valence-electron chi connectivity index (χ3n) is 5.25. The van der Waals surface area contributed by atoms with Crippen LogP contribution in [-0.2, 0) is 4.79 Å². The van der Waals surface area contributed by atoms with E-state index in [2.05, 4.69) is 0 Å². The van der Waals surface area contributed by atoms with E-state index in [4.69, 9.17) is 11.6 Å². The summed E-state index contributed by atoms with van der Waals surface area (Å²) in [7, 11) is 5.19. The highest BCUT2D eigenvalue weighted by molar-refractivity contribution is 6.30. The van der Waals surface area contributed by atoms with Crippen molar-refractivity contribution in [1.29, 1.82) is 0 Å². The van der Waals surface area contributed by atoms with Gasteiger partial charge in [0.15, 0.2) is 0 Å². The summed E-state index contributed by atoms with van der Waals surface area (Å²) < 4.78 is 0. The lowest BCUT2D eigenvalue weighted by atomic mass is 9.86. The van der Waals surface area contributed by atoms with E-state index in [0.717, 1.165) is 0 Å². The van der Waals surface area contributed by atoms with E-state index >= 15 is 0 Å². The zero-order valence-corrected chi connectivity index (χ0v) is 16.7. The fourth-order valence-electron chi connectivity index (χ4n) is 3.97. The Morgan fingerprint density at radius 2 is 1.63 bits per heavy atom. The van der Waals surface area contributed by atoms with Gasteiger partial charge in [-0.1, -0.05) is 11.6 Å². The second kappa shape index (κ2) is 7.38. The van der Waals surface area contributed by atoms with E-state index in [0.29, 0.717) is 49.7 Å². The first-order chi connectivity index (χ1) is 12.7. The second-order valence-corrected chi connectivity index (χ2v) is 8.20. The first-order valence-electron chi connectivity index (χ1n) is 8.96. The van der Waals surface area contributed by atoms with Crippen LogP contribution in [0.3, 0.4) is 0 Å². The molecule has 0 bridgehead atoms. The predicted molar refractivity (Wildman–Crippen MR) is 103 cm³/mol. The maximum absolute atomic E-state index is 13.0. The summed E-state index contributed by atoms with van der Waals surface area (Å²) >= 11 is 5.93. The molecule has 0 unspecified atom stereocenters. The van der Waals surface area contributed by atoms with Gasteiger partial charge >= 0.3 is 6.03 Å². The normalized spacial score (nSPS) is 23.0. The molecule has 1 aromatic rings. The Morgan fingerprint density at radius 1 is 1.04 bits per heavy atom. The van der Waals surface area contributed by atoms with Gasteiger partial charge in [0.05, 0.1) is 0 Å². The minimum atomic E-state index is -0.448. The lowest BCUT2D eigenvalue weighted by molar-refractivity contribution is -0.126. The van der Waals surface area contributed by atoms with E-state index in [9.17, 15) is 14.4 Å². The standard InChI is InChI=1S/C19H25ClN4O3/c1-21(2)18(27)24-9-8-23(17(26)14-4-6-15(20)7-5-14)12-19(13-24)10-16(25)22(3)11-19/h4-7H,8-13H2,1-3H3/t19-/m0/s1. The zero-order chi connectivity index (χ0) is 19.8. The molecule has 0 radical (unpaired) electrons. The Labute approximate surface area is 164 Å². The summed E-state index contributed by atoms with van der Waals surface area (Å²) in [6, 6.07) is 6.69. The number of urea groups is 1. The molecule has 146 valence electrons. The van der Waals surface area contributed by atoms with E-state index in [1.165, 1.54) is 4.90 Å². The number of nitrogens with zero attached hydrogens (tertiary/aromatic N) is 4. The SMILES string of the molecule is CN(C)C(=O)N1CCN(C(=O)c2ccc(Cl)cc2)C[C@@]2(CC(=O)N(C)C2)C1. The van der Waals surface area contributed by atoms with Crippen LogP contribution >= 0.6 is 11.6 Å². The summed E-state index contributed by atoms with van der Waals surface area (Å²) in [6.45, 7) is 2.32. The van der Waals surface area contributed by atoms with Crippen molar-refractivity contribution in [2.75, 3.05) is 53.9 Å². The molecular weight excluding hydrogens is 368 g/mol. The van der Waals surface area contributed by atoms with Crippen molar-refractivity contribution in [2.45, 2.75) is 6.42 Å². The van der Waals surface area contributed by atoms with Gasteiger partial charge in [-0.3, -0.25) is 9.59 Å². The first kappa shape index (κ1) is 19.5. The summed E-state index contributed by atoms with van der Waals surface area (Å²) in [6.07, 6.45) is 0.338. The lowest BCUT2D eigenvalue weighted by Gasteiger charge is -2.34. The highest BCUT2D eigenvalue weighted by Gasteiger charge is 2.47. The number of halogens is 1. The van der Waals surface area contributed by atoms with Crippen LogP contribution in [0.15, 0.2) is 24.3 Å². The molecule has 7 nitrogen and oxygen atoms in total. The summed E-state index contributed by atoms with van der Waals surface area (Å²) in [5.74, 6) is -0.0553. The number of carbonyl (C=O) groups excluding carboxylic acids is 3. The molecule has 1 spiro atoms. The van der Waals surface area contributed by atoms with Crippen LogP contribution < -0.4 is 0 Å². The number of hydrogen-bond donors (Lipinski definition) is 0. The minimum absolute atomic E-state index is 0.0491. The van der Waals surface area contributed by atoms with Crippen LogP contribution in [0.4, 0.5) is 4.79 Å². The summed E-state index contributed by atoms with van der Waals surface area (Å²) in [5.41, 5.74) is 0.107. The Bertz CT molecular complexity index is 752. The van der Waals surface area contributed by atoms with E-state index in [-0.39, 0.29) is 17.8 Å². The Balaban J connectivity index is 1.88. The van der Waals surface area contributed by atoms with Gasteiger partial charge in [-0.15, -0.1) is 0 Å². The molecule has 0 N–H and O–H groups in total. The van der Waals surface area contributed by atoms with Gasteiger partial charge < -0.3 is 19.6 Å². The third kappa shape index (κ3) is 4.03. The molecule has 2 saturated heterocycles. The van der Waals surface area contributed by atoms with Gasteiger partial charge in [-0.05, 0) is 24.3 Å². The van der Waals surface area contributed by atoms with Crippen LogP contribution in [0.1, 0.15) is 16.8 Å². The molecule has 2 aliphatic rings. The van der Waals surface area contributed by atoms with E-state index < -0.39 is 5.41 Å². The van der Waals surface area contributed by atoms with Crippen molar-refractivity contribution in [3.63, 3.8) is 0 Å². The summed E-state index contributed by atoms with van der Waals surface area (Å²) in [4.78, 5) is 44.6. The molecule has 2 fully saturated rings. The van der Waals surface area contributed by atoms with Crippen LogP contribution in [0.25, 0.3) is 0 Å². The summed E-state index contributed by atoms with van der Waals surface area (Å²) in [5, 5.41) is 0.574. The fraction of sp³-hybridized carbons (Fsp3) is 0.526. The van der Waals surface area contributed by atoms with Crippen molar-refractivity contribution >= 4 is 29.4 Å². The van der Waals surface area contributed by atoms with Crippen molar-refractivity contribution in [3.05, 3.63) is 34.9 Å². The van der Waals surface area contributed by atoms with Crippen molar-refractivity contribution in [2.24, 2.45) is 5.41 Å². The highest BCUT2D eigenvalue weighted by atomic mass is 35.5. The van der Waals surface area contributed by atoms with Crippen molar-refractivity contribution < 1.29 is 14.4 Å². The minimum Gasteiger partial charge on any atom is -0.345 e. The maximum Gasteiger partial charge on any atom is 0.319 e. The molecule has 2 heterocycles. The van der Waals surface area contributed by atoms with Gasteiger partial charge in [0.2, 0.25) is 5.91 Å². The highest BCUT2D eigenvalue weighted by Crippen LogP contribution is 2.35. The van der Waals surface area contributed by atoms with Crippen LogP contribution in [-0.4, -0.2) is 91.3 Å². The maximum atomic E-state index is 13.0. The number of benzene rings is 1. The van der Waals surface area contributed by atoms with Gasteiger partial charge in [-0.25, -0.2) is 4.79 Å². The van der Waals surface area contributed by atoms with Gasteiger partial charge in [0, 0.05) is 76.3 Å². The molecule has 8 heteroatoms. The molecule has 27 heavy (non-hydrogen) atoms. The predicted octanol–water partition coefficient (Wildman–Crippen LogP) is 1.63. The smallest absolute Gasteiger partial charge is 0.319 e. The van der Waals surface area contributed by atoms with Gasteiger partial charge in [-0.2, -0.15) is 0 Å². The average molecular weight is 393 g/mol. The average Bonchev–Trinajstić information content (AvgIpc) is 2.79. The second-order valence-electron chi connectivity index (χ2n) is 7.76. The Kier molecular flexibility index (Phi) is 5.33. The first-order valence-corrected chi connectivity index (χ1v) is 9.34. The molecule has 4 amide bonds. The van der Waals surface area contributed by atoms with Gasteiger partial charge in [0.25, 0.3) is 5.91 Å². The molecule has 3 rings (SSSR count). The molecule has 2 aliphatic heterocycles. The fourth-order valence-corrected chi connectivity index (χ4v) is 4.09. The number of rotatable bonds is 1. The zero-order valence-electron chi connectivity index (χ0n) is 15.9. The number of carbonyl (C=O) groups is 3. The quantitative estimate of drug-likeness (QED) is 0.729. The van der Waals surface area contributed by atoms with Crippen molar-refractivity contribution in [3.8, 4) is 0 Å². The molecule has 0 aliphatic carbocycles. The van der Waals surface area contributed by atoms with Crippen LogP contribution in [0.2, 0.25) is 5.02 Å². The Morgan fingerprint density at radius 3 is 2.19 bits per heavy atom. The van der Waals surface area contributed by atoms with E-state index in [1.54, 1.807) is 60.1 Å². The molecule has 0 saturated carbocycles. The van der Waals surface area contributed by atoms with Crippen molar-refractivity contribution in [1.82, 2.24) is 19.6 Å². The largest absolute Gasteiger partial charge is 0.345 e. The Hall–Kier alpha value is -2.28. The third-order valence-corrected chi connectivity index (χ3v) is 5.50. The van der Waals surface area contributed by atoms with Crippen LogP contribution in [0, 0.1) is 5.41 Å². The van der Waals surface area contributed by atoms with Gasteiger partial charge in [0.1, 0.15) is 0 Å². The molecule has 1 atom stereocenters. The number of hydrogen-bond acceptors (Lipinski definition) is 3. The lowest BCUT2D eigenvalue weighted by Crippen LogP contribution is -2.47. The number of likely N-dealkylation sites (tertiary alicyclic amines) is 1.